The summed E-state index contributed by atoms with van der Waals surface area (Å²) < 4.78 is 45.3. The van der Waals surface area contributed by atoms with Crippen LogP contribution < -0.4 is 21.1 Å². The molecule has 0 fully saturated rings. The lowest BCUT2D eigenvalue weighted by molar-refractivity contribution is -0.137. The van der Waals surface area contributed by atoms with E-state index in [-0.39, 0.29) is 30.3 Å². The van der Waals surface area contributed by atoms with Crippen LogP contribution in [0.1, 0.15) is 27.2 Å². The Morgan fingerprint density at radius 1 is 1.09 bits per heavy atom. The summed E-state index contributed by atoms with van der Waals surface area (Å²) in [6.45, 7) is 0.180. The van der Waals surface area contributed by atoms with Crippen molar-refractivity contribution < 1.29 is 27.5 Å². The first-order chi connectivity index (χ1) is 16.7. The van der Waals surface area contributed by atoms with E-state index in [1.807, 2.05) is 0 Å². The van der Waals surface area contributed by atoms with Gasteiger partial charge in [-0.1, -0.05) is 12.1 Å². The Balaban J connectivity index is 1.71. The average Bonchev–Trinajstić information content (AvgIpc) is 2.82. The van der Waals surface area contributed by atoms with Gasteiger partial charge in [0.2, 0.25) is 5.91 Å². The number of carbonyl (C=O) groups excluding carboxylic acids is 2. The molecule has 3 aromatic rings. The molecule has 10 heteroatoms. The van der Waals surface area contributed by atoms with E-state index in [0.29, 0.717) is 22.6 Å². The molecule has 4 N–H and O–H groups in total. The Labute approximate surface area is 199 Å². The van der Waals surface area contributed by atoms with E-state index in [1.165, 1.54) is 37.5 Å². The van der Waals surface area contributed by atoms with Crippen molar-refractivity contribution in [3.8, 4) is 11.5 Å². The zero-order valence-electron chi connectivity index (χ0n) is 18.7. The first-order valence-corrected chi connectivity index (χ1v) is 10.5. The number of nitrogens with two attached hydrogens (primary N) is 1. The van der Waals surface area contributed by atoms with Gasteiger partial charge in [-0.3, -0.25) is 14.6 Å². The van der Waals surface area contributed by atoms with Gasteiger partial charge in [0.25, 0.3) is 5.91 Å². The van der Waals surface area contributed by atoms with Gasteiger partial charge in [-0.2, -0.15) is 13.2 Å². The first kappa shape index (κ1) is 25.4. The van der Waals surface area contributed by atoms with Gasteiger partial charge in [-0.15, -0.1) is 0 Å². The van der Waals surface area contributed by atoms with E-state index in [9.17, 15) is 22.8 Å². The lowest BCUT2D eigenvalue weighted by atomic mass is 10.1. The third-order valence-corrected chi connectivity index (χ3v) is 4.73. The number of amides is 2. The van der Waals surface area contributed by atoms with Crippen LogP contribution in [-0.2, 0) is 17.4 Å². The Morgan fingerprint density at radius 2 is 1.86 bits per heavy atom. The second kappa shape index (κ2) is 11.3. The molecule has 2 amide bonds. The van der Waals surface area contributed by atoms with Gasteiger partial charge in [0.1, 0.15) is 17.2 Å². The number of ether oxygens (including phenoxy) is 1. The average molecular weight is 484 g/mol. The molecule has 0 aliphatic rings. The molecular weight excluding hydrogens is 461 g/mol. The summed E-state index contributed by atoms with van der Waals surface area (Å²) in [6.07, 6.45) is -0.147. The zero-order chi connectivity index (χ0) is 25.4. The van der Waals surface area contributed by atoms with Gasteiger partial charge >= 0.3 is 6.18 Å². The molecule has 35 heavy (non-hydrogen) atoms. The number of hydrogen-bond donors (Lipinski definition) is 3. The van der Waals surface area contributed by atoms with Crippen LogP contribution in [0.3, 0.4) is 0 Å². The number of carbonyl (C=O) groups is 2. The third kappa shape index (κ3) is 7.41. The highest BCUT2D eigenvalue weighted by Gasteiger charge is 2.31. The second-order valence-electron chi connectivity index (χ2n) is 7.41. The van der Waals surface area contributed by atoms with Gasteiger partial charge < -0.3 is 21.1 Å². The molecule has 0 bridgehead atoms. The Bertz CT molecular complexity index is 1240. The molecule has 0 spiro atoms. The number of hydrogen-bond acceptors (Lipinski definition) is 5. The van der Waals surface area contributed by atoms with E-state index in [2.05, 4.69) is 15.6 Å². The summed E-state index contributed by atoms with van der Waals surface area (Å²) in [5.74, 6) is -0.103. The van der Waals surface area contributed by atoms with Crippen molar-refractivity contribution in [2.24, 2.45) is 5.73 Å². The van der Waals surface area contributed by atoms with Crippen LogP contribution in [0.2, 0.25) is 0 Å². The van der Waals surface area contributed by atoms with E-state index in [4.69, 9.17) is 10.5 Å². The minimum atomic E-state index is -4.55. The lowest BCUT2D eigenvalue weighted by Crippen LogP contribution is -2.18. The number of rotatable bonds is 8. The van der Waals surface area contributed by atoms with E-state index in [1.54, 1.807) is 30.3 Å². The van der Waals surface area contributed by atoms with Crippen LogP contribution in [-0.4, -0.2) is 30.4 Å². The smallest absolute Gasteiger partial charge is 0.416 e. The summed E-state index contributed by atoms with van der Waals surface area (Å²) in [4.78, 5) is 28.0. The highest BCUT2D eigenvalue weighted by Crippen LogP contribution is 2.32. The normalized spacial score (nSPS) is 11.3. The first-order valence-electron chi connectivity index (χ1n) is 10.5. The Hall–Kier alpha value is -4.18. The molecule has 182 valence electrons. The van der Waals surface area contributed by atoms with Crippen LogP contribution in [0, 0.1) is 0 Å². The van der Waals surface area contributed by atoms with Gasteiger partial charge in [0.15, 0.2) is 0 Å². The number of anilines is 1. The molecule has 0 saturated heterocycles. The minimum Gasteiger partial charge on any atom is -0.457 e. The predicted molar refractivity (Wildman–Crippen MR) is 126 cm³/mol. The van der Waals surface area contributed by atoms with Crippen LogP contribution in [0.25, 0.3) is 6.08 Å². The molecule has 0 atom stereocenters. The maximum absolute atomic E-state index is 13.2. The summed E-state index contributed by atoms with van der Waals surface area (Å²) >= 11 is 0. The van der Waals surface area contributed by atoms with Gasteiger partial charge in [-0.25, -0.2) is 0 Å². The largest absolute Gasteiger partial charge is 0.457 e. The molecule has 0 aliphatic heterocycles. The second-order valence-corrected chi connectivity index (χ2v) is 7.41. The van der Waals surface area contributed by atoms with Gasteiger partial charge in [-0.05, 0) is 66.6 Å². The topological polar surface area (TPSA) is 106 Å². The van der Waals surface area contributed by atoms with Crippen molar-refractivity contribution in [1.29, 1.82) is 0 Å². The highest BCUT2D eigenvalue weighted by atomic mass is 19.4. The van der Waals surface area contributed by atoms with Crippen LogP contribution in [0.4, 0.5) is 18.9 Å². The molecule has 0 saturated carbocycles. The molecule has 0 aliphatic carbocycles. The fraction of sp³-hybridized carbons (Fsp3) is 0.160. The summed E-state index contributed by atoms with van der Waals surface area (Å²) in [5, 5.41) is 4.94. The number of alkyl halides is 3. The minimum absolute atomic E-state index is 0.0274. The molecule has 2 aromatic carbocycles. The van der Waals surface area contributed by atoms with Crippen molar-refractivity contribution >= 4 is 23.6 Å². The van der Waals surface area contributed by atoms with Crippen molar-refractivity contribution in [3.63, 3.8) is 0 Å². The molecule has 1 aromatic heterocycles. The van der Waals surface area contributed by atoms with Gasteiger partial charge in [0.05, 0.1) is 5.56 Å². The Kier molecular flexibility index (Phi) is 8.21. The summed E-state index contributed by atoms with van der Waals surface area (Å²) in [6, 6.07) is 13.2. The maximum Gasteiger partial charge on any atom is 0.416 e. The van der Waals surface area contributed by atoms with E-state index >= 15 is 0 Å². The molecule has 7 nitrogen and oxygen atoms in total. The fourth-order valence-corrected chi connectivity index (χ4v) is 3.14. The van der Waals surface area contributed by atoms with Crippen molar-refractivity contribution in [1.82, 2.24) is 10.3 Å². The number of benzene rings is 2. The maximum atomic E-state index is 13.2. The molecule has 1 heterocycles. The van der Waals surface area contributed by atoms with E-state index in [0.717, 1.165) is 12.1 Å². The van der Waals surface area contributed by atoms with Crippen LogP contribution >= 0.6 is 0 Å². The van der Waals surface area contributed by atoms with Gasteiger partial charge in [0, 0.05) is 31.1 Å². The number of nitrogens with zero attached hydrogens (tertiary/aromatic N) is 1. The fourth-order valence-electron chi connectivity index (χ4n) is 3.14. The predicted octanol–water partition coefficient (Wildman–Crippen LogP) is 4.41. The number of halogens is 3. The van der Waals surface area contributed by atoms with E-state index < -0.39 is 17.6 Å². The SMILES string of the molecule is CNC(=O)c1cc(Oc2cccc(/C=C/C(=O)Nc3cc(CCN)cc(C(F)(F)F)c3)c2)ccn1. The summed E-state index contributed by atoms with van der Waals surface area (Å²) in [5.41, 5.74) is 5.82. The number of pyridine rings is 1. The molecule has 0 unspecified atom stereocenters. The molecule has 3 rings (SSSR count). The zero-order valence-corrected chi connectivity index (χ0v) is 18.7. The van der Waals surface area contributed by atoms with Crippen molar-refractivity contribution in [2.75, 3.05) is 18.9 Å². The van der Waals surface area contributed by atoms with Crippen molar-refractivity contribution in [2.45, 2.75) is 12.6 Å². The third-order valence-electron chi connectivity index (χ3n) is 4.73. The molecule has 0 radical (unpaired) electrons. The van der Waals surface area contributed by atoms with Crippen LogP contribution in [0.15, 0.2) is 66.9 Å². The standard InChI is InChI=1S/C25H23F3N4O3/c1-30-24(34)22-15-21(8-10-31-22)35-20-4-2-3-16(13-20)5-6-23(33)32-19-12-17(7-9-29)11-18(14-19)25(26,27)28/h2-6,8,10-15H,7,9,29H2,1H3,(H,30,34)(H,32,33)/b6-5+. The monoisotopic (exact) mass is 484 g/mol. The lowest BCUT2D eigenvalue weighted by Gasteiger charge is -2.12. The highest BCUT2D eigenvalue weighted by molar-refractivity contribution is 6.02. The molecular formula is C25H23F3N4O3. The number of nitrogens with one attached hydrogen (secondary N) is 2. The van der Waals surface area contributed by atoms with Crippen molar-refractivity contribution in [3.05, 3.63) is 89.3 Å². The quantitative estimate of drug-likeness (QED) is 0.411. The number of aromatic nitrogens is 1. The Morgan fingerprint density at radius 3 is 2.57 bits per heavy atom. The summed E-state index contributed by atoms with van der Waals surface area (Å²) in [7, 11) is 1.50. The van der Waals surface area contributed by atoms with Crippen LogP contribution in [0.5, 0.6) is 11.5 Å².